The predicted octanol–water partition coefficient (Wildman–Crippen LogP) is 1.68. The highest BCUT2D eigenvalue weighted by Crippen LogP contribution is 2.24. The fourth-order valence-corrected chi connectivity index (χ4v) is 3.68. The molecule has 0 unspecified atom stereocenters. The predicted molar refractivity (Wildman–Crippen MR) is 98.2 cm³/mol. The standard InChI is InChI=1S/C20H24N4O2/c1-3-17-13-18(22(2)21-17)20(26)24-10-8-23(9-11-24)19(25)16-7-5-14-4-6-15(14)12-16/h5,7,12-13H,3-4,6,8-11H2,1-2H3. The first-order chi connectivity index (χ1) is 12.6. The molecule has 2 aliphatic rings. The molecule has 1 saturated heterocycles. The number of fused-ring (bicyclic) bond motifs is 1. The number of amides is 2. The molecule has 0 N–H and O–H groups in total. The molecule has 0 spiro atoms. The van der Waals surface area contributed by atoms with E-state index in [4.69, 9.17) is 0 Å². The molecule has 0 atom stereocenters. The lowest BCUT2D eigenvalue weighted by Crippen LogP contribution is -2.50. The van der Waals surface area contributed by atoms with Gasteiger partial charge in [0.05, 0.1) is 5.69 Å². The Balaban J connectivity index is 1.40. The van der Waals surface area contributed by atoms with Gasteiger partial charge in [0.15, 0.2) is 0 Å². The number of carbonyl (C=O) groups is 2. The molecule has 1 aliphatic heterocycles. The maximum Gasteiger partial charge on any atom is 0.272 e. The lowest BCUT2D eigenvalue weighted by molar-refractivity contribution is 0.0529. The molecule has 26 heavy (non-hydrogen) atoms. The summed E-state index contributed by atoms with van der Waals surface area (Å²) in [6.45, 7) is 4.28. The van der Waals surface area contributed by atoms with Crippen molar-refractivity contribution < 1.29 is 9.59 Å². The van der Waals surface area contributed by atoms with Gasteiger partial charge < -0.3 is 9.80 Å². The van der Waals surface area contributed by atoms with Crippen LogP contribution in [0.5, 0.6) is 0 Å². The zero-order valence-corrected chi connectivity index (χ0v) is 15.4. The lowest BCUT2D eigenvalue weighted by Gasteiger charge is -2.35. The normalized spacial score (nSPS) is 16.2. The molecule has 1 aromatic carbocycles. The average Bonchev–Trinajstić information content (AvgIpc) is 3.02. The number of piperazine rings is 1. The van der Waals surface area contributed by atoms with Crippen LogP contribution in [0.25, 0.3) is 0 Å². The molecule has 136 valence electrons. The number of rotatable bonds is 3. The molecule has 0 radical (unpaired) electrons. The summed E-state index contributed by atoms with van der Waals surface area (Å²) in [5.74, 6) is 0.0634. The topological polar surface area (TPSA) is 58.4 Å². The Bertz CT molecular complexity index is 863. The van der Waals surface area contributed by atoms with Crippen molar-refractivity contribution in [3.63, 3.8) is 0 Å². The van der Waals surface area contributed by atoms with Gasteiger partial charge in [-0.15, -0.1) is 0 Å². The fourth-order valence-electron chi connectivity index (χ4n) is 3.68. The summed E-state index contributed by atoms with van der Waals surface area (Å²) in [5.41, 5.74) is 4.96. The van der Waals surface area contributed by atoms with E-state index >= 15 is 0 Å². The van der Waals surface area contributed by atoms with Crippen molar-refractivity contribution in [3.8, 4) is 0 Å². The van der Waals surface area contributed by atoms with Gasteiger partial charge in [0.2, 0.25) is 0 Å². The van der Waals surface area contributed by atoms with Crippen molar-refractivity contribution in [2.24, 2.45) is 7.05 Å². The largest absolute Gasteiger partial charge is 0.335 e. The van der Waals surface area contributed by atoms with Crippen molar-refractivity contribution in [3.05, 3.63) is 52.3 Å². The highest BCUT2D eigenvalue weighted by molar-refractivity contribution is 5.95. The van der Waals surface area contributed by atoms with Crippen LogP contribution in [0.4, 0.5) is 0 Å². The second kappa shape index (κ2) is 6.59. The lowest BCUT2D eigenvalue weighted by atomic mass is 9.87. The average molecular weight is 352 g/mol. The molecule has 0 saturated carbocycles. The van der Waals surface area contributed by atoms with E-state index in [9.17, 15) is 9.59 Å². The van der Waals surface area contributed by atoms with Gasteiger partial charge in [0.1, 0.15) is 5.69 Å². The highest BCUT2D eigenvalue weighted by atomic mass is 16.2. The molecule has 6 heteroatoms. The molecular formula is C20H24N4O2. The molecule has 1 fully saturated rings. The molecular weight excluding hydrogens is 328 g/mol. The smallest absolute Gasteiger partial charge is 0.272 e. The Morgan fingerprint density at radius 2 is 1.62 bits per heavy atom. The Morgan fingerprint density at radius 3 is 2.15 bits per heavy atom. The van der Waals surface area contributed by atoms with Crippen LogP contribution in [0.1, 0.15) is 44.6 Å². The van der Waals surface area contributed by atoms with Crippen molar-refractivity contribution in [2.75, 3.05) is 26.2 Å². The quantitative estimate of drug-likeness (QED) is 0.844. The molecule has 0 bridgehead atoms. The molecule has 6 nitrogen and oxygen atoms in total. The van der Waals surface area contributed by atoms with Crippen molar-refractivity contribution >= 4 is 11.8 Å². The number of hydrogen-bond donors (Lipinski definition) is 0. The number of hydrogen-bond acceptors (Lipinski definition) is 3. The molecule has 2 aromatic rings. The van der Waals surface area contributed by atoms with E-state index in [2.05, 4.69) is 11.2 Å². The Labute approximate surface area is 153 Å². The van der Waals surface area contributed by atoms with Crippen molar-refractivity contribution in [1.82, 2.24) is 19.6 Å². The van der Waals surface area contributed by atoms with E-state index in [1.165, 1.54) is 11.1 Å². The monoisotopic (exact) mass is 352 g/mol. The van der Waals surface area contributed by atoms with Gasteiger partial charge in [0.25, 0.3) is 11.8 Å². The number of benzene rings is 1. The van der Waals surface area contributed by atoms with E-state index in [1.54, 1.807) is 11.7 Å². The highest BCUT2D eigenvalue weighted by Gasteiger charge is 2.27. The van der Waals surface area contributed by atoms with E-state index in [1.807, 2.05) is 34.9 Å². The van der Waals surface area contributed by atoms with Crippen LogP contribution < -0.4 is 0 Å². The first-order valence-corrected chi connectivity index (χ1v) is 9.30. The van der Waals surface area contributed by atoms with Crippen LogP contribution in [0.2, 0.25) is 0 Å². The summed E-state index contributed by atoms with van der Waals surface area (Å²) < 4.78 is 1.65. The third-order valence-electron chi connectivity index (χ3n) is 5.48. The SMILES string of the molecule is CCc1cc(C(=O)N2CCN(C(=O)c3ccc4c(c3)CC4)CC2)n(C)n1. The van der Waals surface area contributed by atoms with Gasteiger partial charge >= 0.3 is 0 Å². The number of aromatic nitrogens is 2. The number of aryl methyl sites for hydroxylation is 4. The van der Waals surface area contributed by atoms with Crippen LogP contribution >= 0.6 is 0 Å². The Hall–Kier alpha value is -2.63. The fraction of sp³-hybridized carbons (Fsp3) is 0.450. The molecule has 2 heterocycles. The minimum Gasteiger partial charge on any atom is -0.335 e. The molecule has 4 rings (SSSR count). The van der Waals surface area contributed by atoms with Crippen LogP contribution in [0.15, 0.2) is 24.3 Å². The first kappa shape index (κ1) is 16.8. The third kappa shape index (κ3) is 2.89. The Morgan fingerprint density at radius 1 is 0.962 bits per heavy atom. The zero-order chi connectivity index (χ0) is 18.3. The summed E-state index contributed by atoms with van der Waals surface area (Å²) in [6, 6.07) is 7.89. The maximum atomic E-state index is 12.7. The van der Waals surface area contributed by atoms with E-state index < -0.39 is 0 Å². The van der Waals surface area contributed by atoms with Gasteiger partial charge in [-0.25, -0.2) is 0 Å². The van der Waals surface area contributed by atoms with Gasteiger partial charge in [-0.05, 0) is 48.6 Å². The van der Waals surface area contributed by atoms with Crippen LogP contribution in [-0.4, -0.2) is 57.6 Å². The van der Waals surface area contributed by atoms with Crippen molar-refractivity contribution in [2.45, 2.75) is 26.2 Å². The summed E-state index contributed by atoms with van der Waals surface area (Å²) >= 11 is 0. The van der Waals surface area contributed by atoms with Gasteiger partial charge in [-0.3, -0.25) is 14.3 Å². The van der Waals surface area contributed by atoms with Crippen molar-refractivity contribution in [1.29, 1.82) is 0 Å². The summed E-state index contributed by atoms with van der Waals surface area (Å²) in [4.78, 5) is 29.2. The molecule has 2 amide bonds. The minimum atomic E-state index is -0.00663. The third-order valence-corrected chi connectivity index (χ3v) is 5.48. The molecule has 1 aromatic heterocycles. The second-order valence-electron chi connectivity index (χ2n) is 7.07. The number of carbonyl (C=O) groups excluding carboxylic acids is 2. The van der Waals surface area contributed by atoms with E-state index in [0.717, 1.165) is 30.5 Å². The summed E-state index contributed by atoms with van der Waals surface area (Å²) in [5, 5.41) is 4.35. The van der Waals surface area contributed by atoms with Gasteiger partial charge in [-0.2, -0.15) is 5.10 Å². The minimum absolute atomic E-state index is 0.00663. The first-order valence-electron chi connectivity index (χ1n) is 9.30. The zero-order valence-electron chi connectivity index (χ0n) is 15.4. The van der Waals surface area contributed by atoms with Gasteiger partial charge in [-0.1, -0.05) is 13.0 Å². The van der Waals surface area contributed by atoms with Crippen LogP contribution in [0.3, 0.4) is 0 Å². The second-order valence-corrected chi connectivity index (χ2v) is 7.07. The van der Waals surface area contributed by atoms with Crippen LogP contribution in [0, 0.1) is 0 Å². The maximum absolute atomic E-state index is 12.7. The Kier molecular flexibility index (Phi) is 4.26. The summed E-state index contributed by atoms with van der Waals surface area (Å²) in [6.07, 6.45) is 3.01. The number of nitrogens with zero attached hydrogens (tertiary/aromatic N) is 4. The van der Waals surface area contributed by atoms with Gasteiger partial charge in [0, 0.05) is 38.8 Å². The summed E-state index contributed by atoms with van der Waals surface area (Å²) in [7, 11) is 1.80. The van der Waals surface area contributed by atoms with Crippen LogP contribution in [-0.2, 0) is 26.3 Å². The van der Waals surface area contributed by atoms with E-state index in [-0.39, 0.29) is 11.8 Å². The molecule has 1 aliphatic carbocycles. The van der Waals surface area contributed by atoms with E-state index in [0.29, 0.717) is 31.9 Å².